The summed E-state index contributed by atoms with van der Waals surface area (Å²) < 4.78 is 2.40. The second-order valence-corrected chi connectivity index (χ2v) is 6.50. The Kier molecular flexibility index (Phi) is 3.85. The van der Waals surface area contributed by atoms with Gasteiger partial charge in [0.1, 0.15) is 5.56 Å². The Morgan fingerprint density at radius 3 is 2.57 bits per heavy atom. The van der Waals surface area contributed by atoms with Crippen LogP contribution in [0.25, 0.3) is 16.6 Å². The number of benzene rings is 2. The number of carboxylic acids is 1. The van der Waals surface area contributed by atoms with E-state index in [1.807, 2.05) is 25.1 Å². The highest BCUT2D eigenvalue weighted by molar-refractivity contribution is 14.1. The Labute approximate surface area is 145 Å². The lowest BCUT2D eigenvalue weighted by Crippen LogP contribution is -2.26. The summed E-state index contributed by atoms with van der Waals surface area (Å²) in [6, 6.07) is 12.1. The van der Waals surface area contributed by atoms with Crippen LogP contribution in [-0.2, 0) is 0 Å². The standard InChI is InChI=1S/C17H13IN2O3/c1-9-6-12(19)4-5-14(9)20-15-8-11(18)3-2-10(15)7-13(16(20)21)17(22)23/h2-8H,19H2,1H3,(H,22,23). The average molecular weight is 420 g/mol. The molecule has 116 valence electrons. The van der Waals surface area contributed by atoms with Crippen molar-refractivity contribution in [2.45, 2.75) is 6.92 Å². The lowest BCUT2D eigenvalue weighted by Gasteiger charge is -2.15. The second-order valence-electron chi connectivity index (χ2n) is 5.25. The predicted molar refractivity (Wildman–Crippen MR) is 98.4 cm³/mol. The van der Waals surface area contributed by atoms with Gasteiger partial charge in [-0.05, 0) is 76.9 Å². The quantitative estimate of drug-likeness (QED) is 0.493. The molecule has 0 aliphatic rings. The molecule has 0 fully saturated rings. The van der Waals surface area contributed by atoms with Crippen LogP contribution in [0.5, 0.6) is 0 Å². The summed E-state index contributed by atoms with van der Waals surface area (Å²) in [6.07, 6.45) is 0. The van der Waals surface area contributed by atoms with Crippen LogP contribution >= 0.6 is 22.6 Å². The van der Waals surface area contributed by atoms with Gasteiger partial charge in [-0.3, -0.25) is 9.36 Å². The maximum atomic E-state index is 12.7. The molecule has 1 aromatic heterocycles. The first-order valence-corrected chi connectivity index (χ1v) is 7.91. The van der Waals surface area contributed by atoms with E-state index >= 15 is 0 Å². The van der Waals surface area contributed by atoms with Crippen molar-refractivity contribution in [3.63, 3.8) is 0 Å². The maximum absolute atomic E-state index is 12.7. The first-order chi connectivity index (χ1) is 10.9. The highest BCUT2D eigenvalue weighted by atomic mass is 127. The minimum Gasteiger partial charge on any atom is -0.477 e. The summed E-state index contributed by atoms with van der Waals surface area (Å²) in [5, 5.41) is 10.0. The number of halogens is 1. The Hall–Kier alpha value is -2.35. The molecule has 0 unspecified atom stereocenters. The zero-order valence-electron chi connectivity index (χ0n) is 12.2. The third-order valence-corrected chi connectivity index (χ3v) is 4.33. The van der Waals surface area contributed by atoms with Gasteiger partial charge in [-0.25, -0.2) is 4.79 Å². The highest BCUT2D eigenvalue weighted by Gasteiger charge is 2.17. The van der Waals surface area contributed by atoms with E-state index in [2.05, 4.69) is 22.6 Å². The Bertz CT molecular complexity index is 1010. The molecule has 3 aromatic rings. The van der Waals surface area contributed by atoms with Crippen LogP contribution in [0, 0.1) is 10.5 Å². The van der Waals surface area contributed by atoms with Gasteiger partial charge in [0, 0.05) is 9.26 Å². The van der Waals surface area contributed by atoms with E-state index in [0.29, 0.717) is 22.3 Å². The number of pyridine rings is 1. The second kappa shape index (κ2) is 5.69. The Morgan fingerprint density at radius 2 is 1.91 bits per heavy atom. The van der Waals surface area contributed by atoms with E-state index in [4.69, 9.17) is 5.73 Å². The molecule has 3 N–H and O–H groups in total. The number of aromatic carboxylic acids is 1. The lowest BCUT2D eigenvalue weighted by atomic mass is 10.1. The molecular weight excluding hydrogens is 407 g/mol. The van der Waals surface area contributed by atoms with E-state index in [1.165, 1.54) is 10.6 Å². The van der Waals surface area contributed by atoms with Crippen LogP contribution in [0.3, 0.4) is 0 Å². The molecule has 0 aliphatic carbocycles. The minimum absolute atomic E-state index is 0.255. The van der Waals surface area contributed by atoms with Crippen molar-refractivity contribution in [3.05, 3.63) is 67.5 Å². The molecule has 0 atom stereocenters. The van der Waals surface area contributed by atoms with E-state index in [1.54, 1.807) is 18.2 Å². The molecular formula is C17H13IN2O3. The normalized spacial score (nSPS) is 10.9. The van der Waals surface area contributed by atoms with Gasteiger partial charge in [-0.1, -0.05) is 6.07 Å². The van der Waals surface area contributed by atoms with Gasteiger partial charge in [-0.2, -0.15) is 0 Å². The monoisotopic (exact) mass is 420 g/mol. The molecule has 0 aliphatic heterocycles. The first kappa shape index (κ1) is 15.5. The number of hydrogen-bond acceptors (Lipinski definition) is 3. The number of fused-ring (bicyclic) bond motifs is 1. The number of nitrogen functional groups attached to an aromatic ring is 1. The fourth-order valence-electron chi connectivity index (χ4n) is 2.60. The van der Waals surface area contributed by atoms with Crippen LogP contribution in [0.1, 0.15) is 15.9 Å². The van der Waals surface area contributed by atoms with Gasteiger partial charge in [0.2, 0.25) is 0 Å². The molecule has 0 saturated carbocycles. The van der Waals surface area contributed by atoms with Gasteiger partial charge in [0.05, 0.1) is 11.2 Å². The predicted octanol–water partition coefficient (Wildman–Crippen LogP) is 3.18. The fourth-order valence-corrected chi connectivity index (χ4v) is 3.08. The van der Waals surface area contributed by atoms with Crippen molar-refractivity contribution in [1.29, 1.82) is 0 Å². The van der Waals surface area contributed by atoms with Crippen molar-refractivity contribution in [2.75, 3.05) is 5.73 Å². The van der Waals surface area contributed by atoms with Gasteiger partial charge in [-0.15, -0.1) is 0 Å². The van der Waals surface area contributed by atoms with Gasteiger partial charge < -0.3 is 10.8 Å². The largest absolute Gasteiger partial charge is 0.477 e. The van der Waals surface area contributed by atoms with Crippen molar-refractivity contribution >= 4 is 45.2 Å². The highest BCUT2D eigenvalue weighted by Crippen LogP contribution is 2.23. The fraction of sp³-hybridized carbons (Fsp3) is 0.0588. The summed E-state index contributed by atoms with van der Waals surface area (Å²) in [7, 11) is 0. The number of anilines is 1. The molecule has 0 saturated heterocycles. The molecule has 3 rings (SSSR count). The SMILES string of the molecule is Cc1cc(N)ccc1-n1c(=O)c(C(=O)O)cc2ccc(I)cc21. The number of carbonyl (C=O) groups is 1. The molecule has 0 amide bonds. The summed E-state index contributed by atoms with van der Waals surface area (Å²) in [6.45, 7) is 1.84. The third-order valence-electron chi connectivity index (χ3n) is 3.66. The number of aryl methyl sites for hydroxylation is 1. The lowest BCUT2D eigenvalue weighted by molar-refractivity contribution is 0.0695. The zero-order valence-corrected chi connectivity index (χ0v) is 14.4. The number of aromatic nitrogens is 1. The number of carboxylic acid groups (broad SMARTS) is 1. The van der Waals surface area contributed by atoms with Gasteiger partial charge >= 0.3 is 5.97 Å². The van der Waals surface area contributed by atoms with Crippen LogP contribution in [0.4, 0.5) is 5.69 Å². The molecule has 6 heteroatoms. The smallest absolute Gasteiger partial charge is 0.341 e. The van der Waals surface area contributed by atoms with Crippen molar-refractivity contribution in [3.8, 4) is 5.69 Å². The van der Waals surface area contributed by atoms with E-state index in [9.17, 15) is 14.7 Å². The van der Waals surface area contributed by atoms with Crippen molar-refractivity contribution in [2.24, 2.45) is 0 Å². The number of nitrogens with two attached hydrogens (primary N) is 1. The van der Waals surface area contributed by atoms with Crippen LogP contribution < -0.4 is 11.3 Å². The van der Waals surface area contributed by atoms with E-state index in [0.717, 1.165) is 9.13 Å². The van der Waals surface area contributed by atoms with E-state index < -0.39 is 11.5 Å². The zero-order chi connectivity index (χ0) is 16.7. The average Bonchev–Trinajstić information content (AvgIpc) is 2.48. The Morgan fingerprint density at radius 1 is 1.17 bits per heavy atom. The number of hydrogen-bond donors (Lipinski definition) is 2. The third kappa shape index (κ3) is 2.70. The minimum atomic E-state index is -1.24. The summed E-state index contributed by atoms with van der Waals surface area (Å²) in [4.78, 5) is 24.1. The van der Waals surface area contributed by atoms with E-state index in [-0.39, 0.29) is 5.56 Å². The molecule has 0 radical (unpaired) electrons. The maximum Gasteiger partial charge on any atom is 0.341 e. The summed E-state index contributed by atoms with van der Waals surface area (Å²) in [5.41, 5.74) is 7.65. The summed E-state index contributed by atoms with van der Waals surface area (Å²) in [5.74, 6) is -1.24. The Balaban J connectivity index is 2.50. The molecule has 0 bridgehead atoms. The van der Waals surface area contributed by atoms with Gasteiger partial charge in [0.25, 0.3) is 5.56 Å². The molecule has 2 aromatic carbocycles. The topological polar surface area (TPSA) is 85.3 Å². The van der Waals surface area contributed by atoms with Crippen LogP contribution in [0.15, 0.2) is 47.3 Å². The molecule has 0 spiro atoms. The van der Waals surface area contributed by atoms with Gasteiger partial charge in [0.15, 0.2) is 0 Å². The summed E-state index contributed by atoms with van der Waals surface area (Å²) >= 11 is 2.16. The first-order valence-electron chi connectivity index (χ1n) is 6.83. The number of nitrogens with zero attached hydrogens (tertiary/aromatic N) is 1. The molecule has 1 heterocycles. The number of rotatable bonds is 2. The van der Waals surface area contributed by atoms with Crippen molar-refractivity contribution in [1.82, 2.24) is 4.57 Å². The molecule has 5 nitrogen and oxygen atoms in total. The van der Waals surface area contributed by atoms with Crippen LogP contribution in [-0.4, -0.2) is 15.6 Å². The van der Waals surface area contributed by atoms with Crippen molar-refractivity contribution < 1.29 is 9.90 Å². The van der Waals surface area contributed by atoms with Crippen LogP contribution in [0.2, 0.25) is 0 Å². The molecule has 23 heavy (non-hydrogen) atoms.